The number of piperazine rings is 1. The van der Waals surface area contributed by atoms with Crippen LogP contribution in [-0.4, -0.2) is 67.0 Å². The summed E-state index contributed by atoms with van der Waals surface area (Å²) in [5, 5.41) is 0. The fraction of sp³-hybridized carbons (Fsp3) is 0.846. The van der Waals surface area contributed by atoms with Crippen molar-refractivity contribution in [3.8, 4) is 0 Å². The van der Waals surface area contributed by atoms with E-state index in [4.69, 9.17) is 10.5 Å². The lowest BCUT2D eigenvalue weighted by Gasteiger charge is -2.36. The molecule has 0 radical (unpaired) electrons. The van der Waals surface area contributed by atoms with Gasteiger partial charge in [0.05, 0.1) is 24.0 Å². The van der Waals surface area contributed by atoms with E-state index in [1.807, 2.05) is 4.90 Å². The molecule has 19 heavy (non-hydrogen) atoms. The summed E-state index contributed by atoms with van der Waals surface area (Å²) in [5.41, 5.74) is 5.47. The Morgan fingerprint density at radius 3 is 2.21 bits per heavy atom. The number of hydrogen-bond acceptors (Lipinski definition) is 4. The average molecular weight is 267 g/mol. The zero-order valence-corrected chi connectivity index (χ0v) is 11.2. The lowest BCUT2D eigenvalue weighted by Crippen LogP contribution is -2.53. The van der Waals surface area contributed by atoms with Crippen LogP contribution in [0.2, 0.25) is 0 Å². The van der Waals surface area contributed by atoms with Gasteiger partial charge >= 0.3 is 0 Å². The zero-order valence-electron chi connectivity index (χ0n) is 11.2. The molecular formula is C13H21N3O3. The smallest absolute Gasteiger partial charge is 0.229 e. The Balaban J connectivity index is 1.73. The van der Waals surface area contributed by atoms with Gasteiger partial charge in [-0.1, -0.05) is 0 Å². The summed E-state index contributed by atoms with van der Waals surface area (Å²) < 4.78 is 5.73. The SMILES string of the molecule is CN1CCN(C(=O)C2C3CCC(O3)C2C(N)=O)CC1. The average Bonchev–Trinajstić information content (AvgIpc) is 2.98. The second-order valence-corrected chi connectivity index (χ2v) is 5.87. The lowest BCUT2D eigenvalue weighted by atomic mass is 9.78. The van der Waals surface area contributed by atoms with E-state index in [1.54, 1.807) is 0 Å². The maximum atomic E-state index is 12.6. The number of nitrogens with zero attached hydrogens (tertiary/aromatic N) is 2. The first-order chi connectivity index (χ1) is 9.08. The topological polar surface area (TPSA) is 75.9 Å². The molecule has 3 aliphatic heterocycles. The molecule has 0 spiro atoms. The number of likely N-dealkylation sites (N-methyl/N-ethyl adjacent to an activating group) is 1. The first kappa shape index (κ1) is 12.9. The van der Waals surface area contributed by atoms with Gasteiger partial charge in [0, 0.05) is 26.2 Å². The van der Waals surface area contributed by atoms with E-state index in [1.165, 1.54) is 0 Å². The van der Waals surface area contributed by atoms with Crippen LogP contribution in [0.3, 0.4) is 0 Å². The van der Waals surface area contributed by atoms with Crippen LogP contribution in [0.1, 0.15) is 12.8 Å². The first-order valence-corrected chi connectivity index (χ1v) is 7.00. The molecule has 106 valence electrons. The van der Waals surface area contributed by atoms with E-state index in [2.05, 4.69) is 11.9 Å². The monoisotopic (exact) mass is 267 g/mol. The van der Waals surface area contributed by atoms with Crippen LogP contribution in [0, 0.1) is 11.8 Å². The number of nitrogens with two attached hydrogens (primary N) is 1. The van der Waals surface area contributed by atoms with Gasteiger partial charge in [0.2, 0.25) is 11.8 Å². The molecule has 0 aromatic carbocycles. The van der Waals surface area contributed by atoms with E-state index >= 15 is 0 Å². The van der Waals surface area contributed by atoms with Gasteiger partial charge in [-0.05, 0) is 19.9 Å². The van der Waals surface area contributed by atoms with Crippen molar-refractivity contribution in [2.45, 2.75) is 25.0 Å². The van der Waals surface area contributed by atoms with Gasteiger partial charge in [-0.15, -0.1) is 0 Å². The number of primary amides is 1. The van der Waals surface area contributed by atoms with Crippen LogP contribution in [-0.2, 0) is 14.3 Å². The fourth-order valence-electron chi connectivity index (χ4n) is 3.59. The van der Waals surface area contributed by atoms with Gasteiger partial charge in [0.25, 0.3) is 0 Å². The van der Waals surface area contributed by atoms with Gasteiger partial charge in [0.15, 0.2) is 0 Å². The molecule has 4 atom stereocenters. The van der Waals surface area contributed by atoms with Crippen LogP contribution >= 0.6 is 0 Å². The molecule has 2 amide bonds. The Morgan fingerprint density at radius 1 is 1.05 bits per heavy atom. The molecule has 3 heterocycles. The van der Waals surface area contributed by atoms with Crippen LogP contribution in [0.25, 0.3) is 0 Å². The molecule has 3 rings (SSSR count). The van der Waals surface area contributed by atoms with Crippen LogP contribution in [0.4, 0.5) is 0 Å². The van der Waals surface area contributed by atoms with Crippen molar-refractivity contribution in [1.82, 2.24) is 9.80 Å². The highest BCUT2D eigenvalue weighted by Crippen LogP contribution is 2.44. The zero-order chi connectivity index (χ0) is 13.6. The third-order valence-corrected chi connectivity index (χ3v) is 4.70. The number of hydrogen-bond donors (Lipinski definition) is 1. The van der Waals surface area contributed by atoms with Crippen LogP contribution < -0.4 is 5.73 Å². The Hall–Kier alpha value is -1.14. The summed E-state index contributed by atoms with van der Waals surface area (Å²) in [6.45, 7) is 3.23. The normalized spacial score (nSPS) is 38.7. The molecule has 2 bridgehead atoms. The first-order valence-electron chi connectivity index (χ1n) is 7.00. The second-order valence-electron chi connectivity index (χ2n) is 5.87. The van der Waals surface area contributed by atoms with Crippen molar-refractivity contribution in [2.75, 3.05) is 33.2 Å². The molecule has 6 nitrogen and oxygen atoms in total. The summed E-state index contributed by atoms with van der Waals surface area (Å²) in [4.78, 5) is 28.3. The maximum Gasteiger partial charge on any atom is 0.229 e. The van der Waals surface area contributed by atoms with Crippen molar-refractivity contribution in [2.24, 2.45) is 17.6 Å². The predicted molar refractivity (Wildman–Crippen MR) is 68.1 cm³/mol. The van der Waals surface area contributed by atoms with E-state index < -0.39 is 5.92 Å². The molecule has 0 aliphatic carbocycles. The van der Waals surface area contributed by atoms with E-state index in [0.29, 0.717) is 0 Å². The number of rotatable bonds is 2. The van der Waals surface area contributed by atoms with Gasteiger partial charge in [0.1, 0.15) is 0 Å². The lowest BCUT2D eigenvalue weighted by molar-refractivity contribution is -0.143. The van der Waals surface area contributed by atoms with E-state index in [-0.39, 0.29) is 29.9 Å². The molecule has 2 N–H and O–H groups in total. The quantitative estimate of drug-likeness (QED) is 0.699. The van der Waals surface area contributed by atoms with Gasteiger partial charge in [-0.2, -0.15) is 0 Å². The van der Waals surface area contributed by atoms with Crippen molar-refractivity contribution in [3.05, 3.63) is 0 Å². The minimum atomic E-state index is -0.425. The Bertz CT molecular complexity index is 393. The molecule has 0 saturated carbocycles. The Morgan fingerprint density at radius 2 is 1.63 bits per heavy atom. The molecule has 6 heteroatoms. The maximum absolute atomic E-state index is 12.6. The molecule has 0 aromatic heterocycles. The third kappa shape index (κ3) is 2.12. The molecule has 3 fully saturated rings. The minimum absolute atomic E-state index is 0.0594. The van der Waals surface area contributed by atoms with Crippen molar-refractivity contribution >= 4 is 11.8 Å². The number of amides is 2. The summed E-state index contributed by atoms with van der Waals surface area (Å²) in [6, 6.07) is 0. The number of fused-ring (bicyclic) bond motifs is 2. The van der Waals surface area contributed by atoms with E-state index in [0.717, 1.165) is 39.0 Å². The number of ether oxygens (including phenoxy) is 1. The molecular weight excluding hydrogens is 246 g/mol. The summed E-state index contributed by atoms with van der Waals surface area (Å²) in [7, 11) is 2.05. The van der Waals surface area contributed by atoms with Crippen molar-refractivity contribution in [1.29, 1.82) is 0 Å². The third-order valence-electron chi connectivity index (χ3n) is 4.70. The molecule has 0 aromatic rings. The number of carbonyl (C=O) groups is 2. The Labute approximate surface area is 112 Å². The fourth-order valence-corrected chi connectivity index (χ4v) is 3.59. The van der Waals surface area contributed by atoms with Gasteiger partial charge in [-0.25, -0.2) is 0 Å². The minimum Gasteiger partial charge on any atom is -0.373 e. The van der Waals surface area contributed by atoms with Gasteiger partial charge in [-0.3, -0.25) is 9.59 Å². The standard InChI is InChI=1S/C13H21N3O3/c1-15-4-6-16(7-5-15)13(18)11-9-3-2-8(19-9)10(11)12(14)17/h8-11H,2-7H2,1H3,(H2,14,17). The molecule has 4 unspecified atom stereocenters. The van der Waals surface area contributed by atoms with Crippen LogP contribution in [0.5, 0.6) is 0 Å². The van der Waals surface area contributed by atoms with Crippen molar-refractivity contribution in [3.63, 3.8) is 0 Å². The number of carbonyl (C=O) groups excluding carboxylic acids is 2. The van der Waals surface area contributed by atoms with Gasteiger partial charge < -0.3 is 20.3 Å². The molecule has 3 aliphatic rings. The largest absolute Gasteiger partial charge is 0.373 e. The second kappa shape index (κ2) is 4.76. The molecule has 3 saturated heterocycles. The summed E-state index contributed by atoms with van der Waals surface area (Å²) >= 11 is 0. The highest BCUT2D eigenvalue weighted by molar-refractivity contribution is 5.88. The highest BCUT2D eigenvalue weighted by Gasteiger charge is 2.55. The highest BCUT2D eigenvalue weighted by atomic mass is 16.5. The predicted octanol–water partition coefficient (Wildman–Crippen LogP) is -0.961. The summed E-state index contributed by atoms with van der Waals surface area (Å²) in [5.74, 6) is -1.10. The van der Waals surface area contributed by atoms with Crippen LogP contribution in [0.15, 0.2) is 0 Å². The summed E-state index contributed by atoms with van der Waals surface area (Å²) in [6.07, 6.45) is 1.49. The Kier molecular flexibility index (Phi) is 3.22. The van der Waals surface area contributed by atoms with E-state index in [9.17, 15) is 9.59 Å². The van der Waals surface area contributed by atoms with Crippen molar-refractivity contribution < 1.29 is 14.3 Å².